The second-order valence-corrected chi connectivity index (χ2v) is 5.16. The van der Waals surface area contributed by atoms with Crippen molar-refractivity contribution in [3.05, 3.63) is 29.8 Å². The Kier molecular flexibility index (Phi) is 5.40. The summed E-state index contributed by atoms with van der Waals surface area (Å²) in [6.45, 7) is 0.765. The molecule has 3 nitrogen and oxygen atoms in total. The van der Waals surface area contributed by atoms with Gasteiger partial charge in [0, 0.05) is 19.0 Å². The lowest BCUT2D eigenvalue weighted by Crippen LogP contribution is -2.32. The zero-order valence-electron chi connectivity index (χ0n) is 11.7. The van der Waals surface area contributed by atoms with Crippen LogP contribution in [0.3, 0.4) is 0 Å². The number of ketones is 1. The molecule has 0 spiro atoms. The monoisotopic (exact) mass is 261 g/mol. The molecule has 1 aromatic rings. The maximum absolute atomic E-state index is 12.1. The Morgan fingerprint density at radius 2 is 2.00 bits per heavy atom. The van der Waals surface area contributed by atoms with Crippen molar-refractivity contribution in [2.75, 3.05) is 13.7 Å². The van der Waals surface area contributed by atoms with Crippen molar-refractivity contribution in [1.82, 2.24) is 5.32 Å². The Bertz CT molecular complexity index is 411. The molecule has 0 atom stereocenters. The largest absolute Gasteiger partial charge is 0.496 e. The van der Waals surface area contributed by atoms with Gasteiger partial charge in [-0.05, 0) is 25.0 Å². The molecule has 0 unspecified atom stereocenters. The third-order valence-corrected chi connectivity index (χ3v) is 3.80. The van der Waals surface area contributed by atoms with E-state index < -0.39 is 0 Å². The number of carbonyl (C=O) groups is 1. The summed E-state index contributed by atoms with van der Waals surface area (Å²) in [5.41, 5.74) is 0.690. The highest BCUT2D eigenvalue weighted by Gasteiger charge is 2.14. The highest BCUT2D eigenvalue weighted by Crippen LogP contribution is 2.19. The summed E-state index contributed by atoms with van der Waals surface area (Å²) in [6.07, 6.45) is 7.04. The van der Waals surface area contributed by atoms with Crippen LogP contribution in [-0.2, 0) is 0 Å². The van der Waals surface area contributed by atoms with Crippen molar-refractivity contribution in [3.8, 4) is 5.75 Å². The number of para-hydroxylation sites is 1. The molecule has 0 aliphatic heterocycles. The number of nitrogens with one attached hydrogen (secondary N) is 1. The third kappa shape index (κ3) is 4.06. The predicted molar refractivity (Wildman–Crippen MR) is 76.8 cm³/mol. The maximum Gasteiger partial charge on any atom is 0.167 e. The van der Waals surface area contributed by atoms with Crippen LogP contribution in [0.5, 0.6) is 5.75 Å². The number of hydrogen-bond donors (Lipinski definition) is 1. The van der Waals surface area contributed by atoms with Crippen molar-refractivity contribution >= 4 is 5.78 Å². The van der Waals surface area contributed by atoms with Crippen molar-refractivity contribution in [3.63, 3.8) is 0 Å². The van der Waals surface area contributed by atoms with Gasteiger partial charge in [-0.25, -0.2) is 0 Å². The zero-order chi connectivity index (χ0) is 13.5. The molecule has 0 amide bonds. The van der Waals surface area contributed by atoms with E-state index in [2.05, 4.69) is 5.32 Å². The van der Waals surface area contributed by atoms with Crippen molar-refractivity contribution in [2.24, 2.45) is 0 Å². The number of rotatable bonds is 6. The summed E-state index contributed by atoms with van der Waals surface area (Å²) in [7, 11) is 1.60. The number of Topliss-reactive ketones (excluding diaryl/α,β-unsaturated/α-hetero) is 1. The molecular formula is C16H23NO2. The number of ether oxygens (including phenoxy) is 1. The molecule has 1 aromatic carbocycles. The normalized spacial score (nSPS) is 16.3. The topological polar surface area (TPSA) is 38.3 Å². The molecule has 1 N–H and O–H groups in total. The van der Waals surface area contributed by atoms with Crippen molar-refractivity contribution in [1.29, 1.82) is 0 Å². The first-order valence-corrected chi connectivity index (χ1v) is 7.21. The van der Waals surface area contributed by atoms with Gasteiger partial charge in [-0.3, -0.25) is 4.79 Å². The second-order valence-electron chi connectivity index (χ2n) is 5.16. The third-order valence-electron chi connectivity index (χ3n) is 3.80. The second kappa shape index (κ2) is 7.29. The van der Waals surface area contributed by atoms with E-state index in [4.69, 9.17) is 4.74 Å². The minimum absolute atomic E-state index is 0.153. The minimum Gasteiger partial charge on any atom is -0.496 e. The van der Waals surface area contributed by atoms with E-state index in [1.165, 1.54) is 32.1 Å². The first-order valence-electron chi connectivity index (χ1n) is 7.21. The SMILES string of the molecule is COc1ccccc1C(=O)CCNC1CCCCC1. The molecular weight excluding hydrogens is 238 g/mol. The minimum atomic E-state index is 0.153. The fourth-order valence-electron chi connectivity index (χ4n) is 2.71. The summed E-state index contributed by atoms with van der Waals surface area (Å²) in [6, 6.07) is 8.04. The zero-order valence-corrected chi connectivity index (χ0v) is 11.7. The molecule has 2 rings (SSSR count). The van der Waals surface area contributed by atoms with Gasteiger partial charge in [0.05, 0.1) is 12.7 Å². The van der Waals surface area contributed by atoms with Gasteiger partial charge in [-0.15, -0.1) is 0 Å². The molecule has 19 heavy (non-hydrogen) atoms. The van der Waals surface area contributed by atoms with Crippen molar-refractivity contribution in [2.45, 2.75) is 44.6 Å². The van der Waals surface area contributed by atoms with E-state index >= 15 is 0 Å². The number of methoxy groups -OCH3 is 1. The summed E-state index contributed by atoms with van der Waals surface area (Å²) in [5.74, 6) is 0.825. The Balaban J connectivity index is 1.80. The smallest absolute Gasteiger partial charge is 0.167 e. The lowest BCUT2D eigenvalue weighted by atomic mass is 9.95. The molecule has 0 heterocycles. The quantitative estimate of drug-likeness (QED) is 0.799. The standard InChI is InChI=1S/C16H23NO2/c1-19-16-10-6-5-9-14(16)15(18)11-12-17-13-7-3-2-4-8-13/h5-6,9-10,13,17H,2-4,7-8,11-12H2,1H3. The molecule has 0 bridgehead atoms. The average molecular weight is 261 g/mol. The highest BCUT2D eigenvalue weighted by atomic mass is 16.5. The van der Waals surface area contributed by atoms with Crippen LogP contribution in [-0.4, -0.2) is 25.5 Å². The van der Waals surface area contributed by atoms with E-state index in [0.717, 1.165) is 6.54 Å². The van der Waals surface area contributed by atoms with E-state index in [0.29, 0.717) is 23.8 Å². The van der Waals surface area contributed by atoms with Crippen LogP contribution in [0, 0.1) is 0 Å². The fourth-order valence-corrected chi connectivity index (χ4v) is 2.71. The van der Waals surface area contributed by atoms with E-state index in [1.54, 1.807) is 7.11 Å². The highest BCUT2D eigenvalue weighted by molar-refractivity contribution is 5.98. The Labute approximate surface area is 115 Å². The van der Waals surface area contributed by atoms with Crippen LogP contribution in [0.25, 0.3) is 0 Å². The van der Waals surface area contributed by atoms with Gasteiger partial charge in [0.15, 0.2) is 5.78 Å². The fraction of sp³-hybridized carbons (Fsp3) is 0.562. The van der Waals surface area contributed by atoms with Crippen LogP contribution in [0.15, 0.2) is 24.3 Å². The number of carbonyl (C=O) groups excluding carboxylic acids is 1. The molecule has 0 saturated heterocycles. The van der Waals surface area contributed by atoms with E-state index in [-0.39, 0.29) is 5.78 Å². The first-order chi connectivity index (χ1) is 9.31. The van der Waals surface area contributed by atoms with Gasteiger partial charge in [-0.1, -0.05) is 31.4 Å². The maximum atomic E-state index is 12.1. The Hall–Kier alpha value is -1.35. The van der Waals surface area contributed by atoms with Crippen LogP contribution in [0.2, 0.25) is 0 Å². The number of benzene rings is 1. The molecule has 1 aliphatic rings. The molecule has 1 aliphatic carbocycles. The molecule has 1 saturated carbocycles. The molecule has 3 heteroatoms. The van der Waals surface area contributed by atoms with Gasteiger partial charge in [0.1, 0.15) is 5.75 Å². The summed E-state index contributed by atoms with van der Waals surface area (Å²) in [4.78, 5) is 12.1. The van der Waals surface area contributed by atoms with Crippen LogP contribution in [0.4, 0.5) is 0 Å². The van der Waals surface area contributed by atoms with Gasteiger partial charge in [0.25, 0.3) is 0 Å². The van der Waals surface area contributed by atoms with E-state index in [9.17, 15) is 4.79 Å². The number of hydrogen-bond acceptors (Lipinski definition) is 3. The lowest BCUT2D eigenvalue weighted by Gasteiger charge is -2.22. The Morgan fingerprint density at radius 1 is 1.26 bits per heavy atom. The first kappa shape index (κ1) is 14.1. The van der Waals surface area contributed by atoms with Crippen molar-refractivity contribution < 1.29 is 9.53 Å². The summed E-state index contributed by atoms with van der Waals surface area (Å²) >= 11 is 0. The molecule has 1 fully saturated rings. The molecule has 104 valence electrons. The summed E-state index contributed by atoms with van der Waals surface area (Å²) < 4.78 is 5.22. The van der Waals surface area contributed by atoms with E-state index in [1.807, 2.05) is 24.3 Å². The van der Waals surface area contributed by atoms with Crippen LogP contribution < -0.4 is 10.1 Å². The average Bonchev–Trinajstić information content (AvgIpc) is 2.48. The molecule has 0 aromatic heterocycles. The van der Waals surface area contributed by atoms with Gasteiger partial charge >= 0.3 is 0 Å². The summed E-state index contributed by atoms with van der Waals surface area (Å²) in [5, 5.41) is 3.50. The predicted octanol–water partition coefficient (Wildman–Crippen LogP) is 3.19. The van der Waals surface area contributed by atoms with Gasteiger partial charge in [0.2, 0.25) is 0 Å². The van der Waals surface area contributed by atoms with Gasteiger partial charge < -0.3 is 10.1 Å². The van der Waals surface area contributed by atoms with Gasteiger partial charge in [-0.2, -0.15) is 0 Å². The van der Waals surface area contributed by atoms with Crippen LogP contribution in [0.1, 0.15) is 48.9 Å². The Morgan fingerprint density at radius 3 is 2.74 bits per heavy atom. The molecule has 0 radical (unpaired) electrons. The van der Waals surface area contributed by atoms with Crippen LogP contribution >= 0.6 is 0 Å². The lowest BCUT2D eigenvalue weighted by molar-refractivity contribution is 0.0978.